The van der Waals surface area contributed by atoms with Crippen LogP contribution >= 0.6 is 22.9 Å². The largest absolute Gasteiger partial charge is 0.326 e. The number of nitrogens with one attached hydrogen (secondary N) is 1. The van der Waals surface area contributed by atoms with Crippen LogP contribution in [0, 0.1) is 20.8 Å². The molecule has 0 saturated heterocycles. The highest BCUT2D eigenvalue weighted by Gasteiger charge is 2.17. The number of hydrogen-bond acceptors (Lipinski definition) is 5. The summed E-state index contributed by atoms with van der Waals surface area (Å²) < 4.78 is 1.70. The lowest BCUT2D eigenvalue weighted by Crippen LogP contribution is -2.17. The molecule has 3 heterocycles. The lowest BCUT2D eigenvalue weighted by atomic mass is 10.1. The number of anilines is 1. The van der Waals surface area contributed by atoms with Crippen LogP contribution in [0.5, 0.6) is 0 Å². The highest BCUT2D eigenvalue weighted by Crippen LogP contribution is 2.24. The molecule has 142 valence electrons. The fraction of sp³-hybridized carbons (Fsp3) is 0.200. The van der Waals surface area contributed by atoms with Crippen molar-refractivity contribution in [3.8, 4) is 10.7 Å². The summed E-state index contributed by atoms with van der Waals surface area (Å²) in [5, 5.41) is 10.1. The normalized spacial score (nSPS) is 11.1. The third-order valence-corrected chi connectivity index (χ3v) is 5.86. The fourth-order valence-corrected chi connectivity index (χ4v) is 3.84. The smallest absolute Gasteiger partial charge is 0.253 e. The first-order valence-electron chi connectivity index (χ1n) is 8.75. The van der Waals surface area contributed by atoms with E-state index in [-0.39, 0.29) is 12.3 Å². The SMILES string of the molecule is Cc1ccc(NC(=O)Cc2c(C)nc3nc(-c4cccs4)nn3c2C)cc1Cl. The lowest BCUT2D eigenvalue weighted by molar-refractivity contribution is -0.115. The van der Waals surface area contributed by atoms with E-state index in [1.165, 1.54) is 0 Å². The molecule has 0 aliphatic carbocycles. The highest BCUT2D eigenvalue weighted by atomic mass is 35.5. The fourth-order valence-electron chi connectivity index (χ4n) is 3.01. The topological polar surface area (TPSA) is 72.2 Å². The summed E-state index contributed by atoms with van der Waals surface area (Å²) in [5.74, 6) is 1.04. The van der Waals surface area contributed by atoms with Gasteiger partial charge < -0.3 is 5.32 Å². The number of carbonyl (C=O) groups is 1. The second-order valence-corrected chi connectivity index (χ2v) is 7.93. The minimum absolute atomic E-state index is 0.133. The van der Waals surface area contributed by atoms with Gasteiger partial charge in [0.1, 0.15) is 0 Å². The number of benzene rings is 1. The second-order valence-electron chi connectivity index (χ2n) is 6.57. The molecule has 4 rings (SSSR count). The summed E-state index contributed by atoms with van der Waals surface area (Å²) >= 11 is 7.72. The first kappa shape index (κ1) is 18.6. The Morgan fingerprint density at radius 1 is 1.21 bits per heavy atom. The number of hydrogen-bond donors (Lipinski definition) is 1. The van der Waals surface area contributed by atoms with E-state index in [4.69, 9.17) is 11.6 Å². The summed E-state index contributed by atoms with van der Waals surface area (Å²) in [7, 11) is 0. The van der Waals surface area contributed by atoms with Gasteiger partial charge in [-0.3, -0.25) is 4.79 Å². The summed E-state index contributed by atoms with van der Waals surface area (Å²) in [6.45, 7) is 5.74. The molecule has 0 aliphatic rings. The third-order valence-electron chi connectivity index (χ3n) is 4.58. The van der Waals surface area contributed by atoms with Gasteiger partial charge in [0, 0.05) is 27.7 Å². The van der Waals surface area contributed by atoms with E-state index in [1.807, 2.05) is 50.4 Å². The van der Waals surface area contributed by atoms with Crippen LogP contribution in [0.3, 0.4) is 0 Å². The van der Waals surface area contributed by atoms with Gasteiger partial charge in [0.2, 0.25) is 5.91 Å². The molecule has 6 nitrogen and oxygen atoms in total. The van der Waals surface area contributed by atoms with Crippen molar-refractivity contribution in [2.24, 2.45) is 0 Å². The molecule has 8 heteroatoms. The van der Waals surface area contributed by atoms with Crippen LogP contribution in [0.15, 0.2) is 35.7 Å². The van der Waals surface area contributed by atoms with E-state index in [1.54, 1.807) is 21.9 Å². The average Bonchev–Trinajstić information content (AvgIpc) is 3.31. The van der Waals surface area contributed by atoms with E-state index >= 15 is 0 Å². The molecule has 1 amide bonds. The van der Waals surface area contributed by atoms with E-state index in [2.05, 4.69) is 20.4 Å². The van der Waals surface area contributed by atoms with Crippen molar-refractivity contribution < 1.29 is 4.79 Å². The number of carbonyl (C=O) groups excluding carboxylic acids is 1. The Kier molecular flexibility index (Phi) is 4.87. The molecule has 4 aromatic rings. The first-order valence-corrected chi connectivity index (χ1v) is 10.0. The monoisotopic (exact) mass is 411 g/mol. The second kappa shape index (κ2) is 7.33. The number of aryl methyl sites for hydroxylation is 3. The zero-order chi connectivity index (χ0) is 19.8. The quantitative estimate of drug-likeness (QED) is 0.532. The van der Waals surface area contributed by atoms with Crippen LogP contribution in [0.25, 0.3) is 16.5 Å². The minimum atomic E-state index is -0.133. The number of nitrogens with zero attached hydrogens (tertiary/aromatic N) is 4. The van der Waals surface area contributed by atoms with Crippen molar-refractivity contribution >= 4 is 40.3 Å². The van der Waals surface area contributed by atoms with Crippen molar-refractivity contribution in [2.45, 2.75) is 27.2 Å². The number of rotatable bonds is 4. The summed E-state index contributed by atoms with van der Waals surface area (Å²) in [6, 6.07) is 9.41. The number of thiophene rings is 1. The molecule has 0 saturated carbocycles. The standard InChI is InChI=1S/C20H18ClN5OS/c1-11-6-7-14(9-16(11)21)23-18(27)10-15-12(2)22-20-24-19(17-5-4-8-28-17)25-26(20)13(15)3/h4-9H,10H2,1-3H3,(H,23,27). The molecule has 0 spiro atoms. The molecule has 1 aromatic carbocycles. The molecular formula is C20H18ClN5OS. The maximum Gasteiger partial charge on any atom is 0.253 e. The van der Waals surface area contributed by atoms with Crippen LogP contribution in [0.1, 0.15) is 22.5 Å². The highest BCUT2D eigenvalue weighted by molar-refractivity contribution is 7.13. The maximum atomic E-state index is 12.6. The van der Waals surface area contributed by atoms with Gasteiger partial charge in [-0.15, -0.1) is 16.4 Å². The molecule has 3 aromatic heterocycles. The minimum Gasteiger partial charge on any atom is -0.326 e. The number of amides is 1. The van der Waals surface area contributed by atoms with Crippen LogP contribution in [0.2, 0.25) is 5.02 Å². The molecule has 0 aliphatic heterocycles. The Balaban J connectivity index is 1.62. The van der Waals surface area contributed by atoms with Gasteiger partial charge in [-0.1, -0.05) is 23.7 Å². The summed E-state index contributed by atoms with van der Waals surface area (Å²) in [5.41, 5.74) is 4.10. The Hall–Kier alpha value is -2.77. The third kappa shape index (κ3) is 3.50. The lowest BCUT2D eigenvalue weighted by Gasteiger charge is -2.11. The predicted molar refractivity (Wildman–Crippen MR) is 112 cm³/mol. The number of fused-ring (bicyclic) bond motifs is 1. The van der Waals surface area contributed by atoms with Gasteiger partial charge >= 0.3 is 0 Å². The van der Waals surface area contributed by atoms with Gasteiger partial charge in [-0.2, -0.15) is 4.98 Å². The van der Waals surface area contributed by atoms with Gasteiger partial charge in [0.15, 0.2) is 5.82 Å². The molecule has 0 radical (unpaired) electrons. The van der Waals surface area contributed by atoms with E-state index < -0.39 is 0 Å². The molecule has 0 bridgehead atoms. The van der Waals surface area contributed by atoms with Crippen LogP contribution in [0.4, 0.5) is 5.69 Å². The zero-order valence-electron chi connectivity index (χ0n) is 15.7. The molecule has 0 fully saturated rings. The summed E-state index contributed by atoms with van der Waals surface area (Å²) in [6.07, 6.45) is 0.195. The number of halogens is 1. The van der Waals surface area contributed by atoms with Crippen LogP contribution < -0.4 is 5.32 Å². The van der Waals surface area contributed by atoms with Gasteiger partial charge in [0.25, 0.3) is 5.78 Å². The molecule has 1 N–H and O–H groups in total. The Bertz CT molecular complexity index is 1180. The Morgan fingerprint density at radius 3 is 2.75 bits per heavy atom. The van der Waals surface area contributed by atoms with Gasteiger partial charge in [-0.05, 0) is 49.9 Å². The van der Waals surface area contributed by atoms with E-state index in [9.17, 15) is 4.79 Å². The molecular weight excluding hydrogens is 394 g/mol. The van der Waals surface area contributed by atoms with Crippen molar-refractivity contribution in [3.63, 3.8) is 0 Å². The zero-order valence-corrected chi connectivity index (χ0v) is 17.2. The van der Waals surface area contributed by atoms with Crippen molar-refractivity contribution in [2.75, 3.05) is 5.32 Å². The first-order chi connectivity index (χ1) is 13.4. The van der Waals surface area contributed by atoms with Gasteiger partial charge in [0.05, 0.1) is 11.3 Å². The maximum absolute atomic E-state index is 12.6. The van der Waals surface area contributed by atoms with Crippen LogP contribution in [-0.2, 0) is 11.2 Å². The van der Waals surface area contributed by atoms with Crippen molar-refractivity contribution in [1.82, 2.24) is 19.6 Å². The average molecular weight is 412 g/mol. The van der Waals surface area contributed by atoms with E-state index in [0.29, 0.717) is 22.3 Å². The Morgan fingerprint density at radius 2 is 2.04 bits per heavy atom. The predicted octanol–water partition coefficient (Wildman–Crippen LogP) is 4.61. The van der Waals surface area contributed by atoms with Crippen LogP contribution in [-0.4, -0.2) is 25.5 Å². The van der Waals surface area contributed by atoms with Crippen molar-refractivity contribution in [1.29, 1.82) is 0 Å². The molecule has 0 unspecified atom stereocenters. The summed E-state index contributed by atoms with van der Waals surface area (Å²) in [4.78, 5) is 22.6. The van der Waals surface area contributed by atoms with E-state index in [0.717, 1.165) is 27.4 Å². The molecule has 28 heavy (non-hydrogen) atoms. The van der Waals surface area contributed by atoms with Crippen molar-refractivity contribution in [3.05, 3.63) is 63.2 Å². The number of aromatic nitrogens is 4. The Labute approximate surface area is 171 Å². The molecule has 0 atom stereocenters. The van der Waals surface area contributed by atoms with Gasteiger partial charge in [-0.25, -0.2) is 9.50 Å².